The summed E-state index contributed by atoms with van der Waals surface area (Å²) in [5.41, 5.74) is 0.275. The lowest BCUT2D eigenvalue weighted by Gasteiger charge is -2.07. The highest BCUT2D eigenvalue weighted by Gasteiger charge is 2.14. The molecule has 15 heavy (non-hydrogen) atoms. The Morgan fingerprint density at radius 3 is 2.73 bits per heavy atom. The molecule has 1 heterocycles. The first-order chi connectivity index (χ1) is 7.04. The molecule has 4 nitrogen and oxygen atoms in total. The smallest absolute Gasteiger partial charge is 0.253 e. The Balaban J connectivity index is 2.58. The van der Waals surface area contributed by atoms with Gasteiger partial charge in [0.05, 0.1) is 22.6 Å². The average Bonchev–Trinajstić information content (AvgIpc) is 2.53. The van der Waals surface area contributed by atoms with E-state index < -0.39 is 18.6 Å². The van der Waals surface area contributed by atoms with E-state index in [-0.39, 0.29) is 12.1 Å². The number of carbonyl (C=O) groups is 1. The zero-order valence-corrected chi connectivity index (χ0v) is 9.86. The Labute approximate surface area is 100 Å². The van der Waals surface area contributed by atoms with Crippen LogP contribution in [0.3, 0.4) is 0 Å². The Hall–Kier alpha value is -0.330. The van der Waals surface area contributed by atoms with Crippen LogP contribution in [0.4, 0.5) is 0 Å². The molecule has 0 aliphatic rings. The lowest BCUT2D eigenvalue weighted by atomic mass is 10.3. The maximum absolute atomic E-state index is 11.5. The molecular formula is C8H9Cl2NO3S. The number of aliphatic hydroxyl groups excluding tert-OH is 2. The van der Waals surface area contributed by atoms with Crippen LogP contribution in [0.5, 0.6) is 0 Å². The van der Waals surface area contributed by atoms with E-state index in [1.54, 1.807) is 0 Å². The summed E-state index contributed by atoms with van der Waals surface area (Å²) in [4.78, 5) is 11.5. The molecule has 3 N–H and O–H groups in total. The molecule has 7 heteroatoms. The number of carbonyl (C=O) groups excluding carboxylic acids is 1. The molecule has 0 saturated heterocycles. The van der Waals surface area contributed by atoms with E-state index in [0.29, 0.717) is 8.67 Å². The van der Waals surface area contributed by atoms with Gasteiger partial charge in [0.1, 0.15) is 4.34 Å². The van der Waals surface area contributed by atoms with Gasteiger partial charge in [-0.15, -0.1) is 11.3 Å². The van der Waals surface area contributed by atoms with Crippen LogP contribution in [0, 0.1) is 0 Å². The molecule has 0 aliphatic heterocycles. The Bertz CT molecular complexity index is 356. The van der Waals surface area contributed by atoms with Crippen LogP contribution in [0.25, 0.3) is 0 Å². The summed E-state index contributed by atoms with van der Waals surface area (Å²) in [6.07, 6.45) is -0.971. The van der Waals surface area contributed by atoms with Crippen LogP contribution in [0.2, 0.25) is 8.67 Å². The molecule has 1 aromatic heterocycles. The van der Waals surface area contributed by atoms with E-state index in [1.165, 1.54) is 6.07 Å². The Morgan fingerprint density at radius 2 is 2.27 bits per heavy atom. The minimum atomic E-state index is -0.971. The first kappa shape index (κ1) is 12.7. The molecule has 0 fully saturated rings. The molecular weight excluding hydrogens is 261 g/mol. The third-order valence-corrected chi connectivity index (χ3v) is 3.10. The molecule has 84 valence electrons. The molecule has 1 aromatic rings. The van der Waals surface area contributed by atoms with Crippen LogP contribution in [0.1, 0.15) is 10.4 Å². The van der Waals surface area contributed by atoms with Gasteiger partial charge in [-0.05, 0) is 6.07 Å². The Morgan fingerprint density at radius 1 is 1.60 bits per heavy atom. The van der Waals surface area contributed by atoms with Gasteiger partial charge in [0.25, 0.3) is 5.91 Å². The second-order valence-corrected chi connectivity index (χ2v) is 5.07. The van der Waals surface area contributed by atoms with Gasteiger partial charge in [0.2, 0.25) is 0 Å². The molecule has 0 radical (unpaired) electrons. The monoisotopic (exact) mass is 269 g/mol. The van der Waals surface area contributed by atoms with Gasteiger partial charge in [-0.3, -0.25) is 4.79 Å². The van der Waals surface area contributed by atoms with Gasteiger partial charge in [-0.25, -0.2) is 0 Å². The van der Waals surface area contributed by atoms with E-state index in [1.807, 2.05) is 0 Å². The number of amides is 1. The van der Waals surface area contributed by atoms with Gasteiger partial charge in [-0.2, -0.15) is 0 Å². The fourth-order valence-corrected chi connectivity index (χ4v) is 2.32. The third-order valence-electron chi connectivity index (χ3n) is 1.61. The zero-order chi connectivity index (χ0) is 11.4. The number of thiophene rings is 1. The van der Waals surface area contributed by atoms with Gasteiger partial charge in [0.15, 0.2) is 0 Å². The van der Waals surface area contributed by atoms with Crippen molar-refractivity contribution in [1.29, 1.82) is 0 Å². The predicted octanol–water partition coefficient (Wildman–Crippen LogP) is 1.14. The highest BCUT2D eigenvalue weighted by Crippen LogP contribution is 2.30. The highest BCUT2D eigenvalue weighted by molar-refractivity contribution is 7.20. The normalized spacial score (nSPS) is 12.5. The molecule has 0 bridgehead atoms. The average molecular weight is 270 g/mol. The number of hydrogen-bond acceptors (Lipinski definition) is 4. The fourth-order valence-electron chi connectivity index (χ4n) is 0.865. The van der Waals surface area contributed by atoms with Crippen molar-refractivity contribution in [3.63, 3.8) is 0 Å². The molecule has 0 spiro atoms. The maximum atomic E-state index is 11.5. The van der Waals surface area contributed by atoms with Crippen LogP contribution in [-0.4, -0.2) is 35.4 Å². The summed E-state index contributed by atoms with van der Waals surface area (Å²) >= 11 is 12.5. The first-order valence-corrected chi connectivity index (χ1v) is 5.63. The van der Waals surface area contributed by atoms with Gasteiger partial charge >= 0.3 is 0 Å². The number of aliphatic hydroxyl groups is 2. The lowest BCUT2D eigenvalue weighted by molar-refractivity contribution is 0.0802. The largest absolute Gasteiger partial charge is 0.394 e. The van der Waals surface area contributed by atoms with Gasteiger partial charge in [-0.1, -0.05) is 23.2 Å². The number of hydrogen-bond donors (Lipinski definition) is 3. The molecule has 1 amide bonds. The summed E-state index contributed by atoms with van der Waals surface area (Å²) in [5, 5.41) is 20.0. The predicted molar refractivity (Wildman–Crippen MR) is 59.8 cm³/mol. The second kappa shape index (κ2) is 5.67. The zero-order valence-electron chi connectivity index (χ0n) is 7.54. The standard InChI is InChI=1S/C8H9Cl2NO3S/c9-6-1-5(7(10)15-6)8(14)11-2-4(13)3-12/h1,4,12-13H,2-3H2,(H,11,14). The van der Waals surface area contributed by atoms with E-state index in [4.69, 9.17) is 33.4 Å². The van der Waals surface area contributed by atoms with Crippen molar-refractivity contribution in [2.45, 2.75) is 6.10 Å². The van der Waals surface area contributed by atoms with Crippen molar-refractivity contribution in [3.8, 4) is 0 Å². The second-order valence-electron chi connectivity index (χ2n) is 2.78. The van der Waals surface area contributed by atoms with E-state index in [0.717, 1.165) is 11.3 Å². The van der Waals surface area contributed by atoms with E-state index in [9.17, 15) is 4.79 Å². The van der Waals surface area contributed by atoms with Gasteiger partial charge < -0.3 is 15.5 Å². The van der Waals surface area contributed by atoms with E-state index >= 15 is 0 Å². The molecule has 0 saturated carbocycles. The fraction of sp³-hybridized carbons (Fsp3) is 0.375. The van der Waals surface area contributed by atoms with Crippen LogP contribution in [0.15, 0.2) is 6.07 Å². The van der Waals surface area contributed by atoms with Crippen molar-refractivity contribution in [1.82, 2.24) is 5.32 Å². The van der Waals surface area contributed by atoms with Crippen LogP contribution < -0.4 is 5.32 Å². The number of halogens is 2. The lowest BCUT2D eigenvalue weighted by Crippen LogP contribution is -2.33. The number of rotatable bonds is 4. The Kier molecular flexibility index (Phi) is 4.82. The third kappa shape index (κ3) is 3.62. The molecule has 1 unspecified atom stereocenters. The van der Waals surface area contributed by atoms with Crippen molar-refractivity contribution in [2.24, 2.45) is 0 Å². The van der Waals surface area contributed by atoms with Crippen molar-refractivity contribution >= 4 is 40.4 Å². The maximum Gasteiger partial charge on any atom is 0.253 e. The molecule has 1 rings (SSSR count). The minimum Gasteiger partial charge on any atom is -0.394 e. The quantitative estimate of drug-likeness (QED) is 0.768. The summed E-state index contributed by atoms with van der Waals surface area (Å²) in [6.45, 7) is -0.433. The first-order valence-electron chi connectivity index (χ1n) is 4.06. The van der Waals surface area contributed by atoms with Crippen molar-refractivity contribution in [3.05, 3.63) is 20.3 Å². The summed E-state index contributed by atoms with van der Waals surface area (Å²) in [6, 6.07) is 1.45. The van der Waals surface area contributed by atoms with E-state index in [2.05, 4.69) is 5.32 Å². The summed E-state index contributed by atoms with van der Waals surface area (Å²) < 4.78 is 0.726. The minimum absolute atomic E-state index is 0.0286. The highest BCUT2D eigenvalue weighted by atomic mass is 35.5. The molecule has 1 atom stereocenters. The van der Waals surface area contributed by atoms with Crippen LogP contribution in [-0.2, 0) is 0 Å². The van der Waals surface area contributed by atoms with Crippen LogP contribution >= 0.6 is 34.5 Å². The summed E-state index contributed by atoms with van der Waals surface area (Å²) in [5.74, 6) is -0.421. The molecule has 0 aromatic carbocycles. The number of nitrogens with one attached hydrogen (secondary N) is 1. The van der Waals surface area contributed by atoms with Crippen molar-refractivity contribution < 1.29 is 15.0 Å². The van der Waals surface area contributed by atoms with Crippen molar-refractivity contribution in [2.75, 3.05) is 13.2 Å². The molecule has 0 aliphatic carbocycles. The van der Waals surface area contributed by atoms with Gasteiger partial charge in [0, 0.05) is 6.54 Å². The SMILES string of the molecule is O=C(NCC(O)CO)c1cc(Cl)sc1Cl. The summed E-state index contributed by atoms with van der Waals surface area (Å²) in [7, 11) is 0. The topological polar surface area (TPSA) is 69.6 Å².